The topological polar surface area (TPSA) is 3.24 Å². The van der Waals surface area contributed by atoms with Gasteiger partial charge in [0.25, 0.3) is 0 Å². The average Bonchev–Trinajstić information content (AvgIpc) is 1.62. The summed E-state index contributed by atoms with van der Waals surface area (Å²) in [5, 5.41) is 0. The average molecular weight is 123 g/mol. The van der Waals surface area contributed by atoms with E-state index in [1.807, 2.05) is 0 Å². The highest BCUT2D eigenvalue weighted by molar-refractivity contribution is 5.44. The number of likely N-dealkylation sites (N-methyl/N-ethyl adjacent to an activating group) is 1. The van der Waals surface area contributed by atoms with Gasteiger partial charge >= 0.3 is 0 Å². The molecule has 1 rings (SSSR count). The molecule has 0 N–H and O–H groups in total. The predicted molar refractivity (Wildman–Crippen MR) is 40.1 cm³/mol. The van der Waals surface area contributed by atoms with Crippen molar-refractivity contribution < 1.29 is 0 Å². The first-order chi connectivity index (χ1) is 4.13. The maximum absolute atomic E-state index is 3.91. The molecule has 0 spiro atoms. The lowest BCUT2D eigenvalue weighted by atomic mass is 9.90. The zero-order valence-electron chi connectivity index (χ0n) is 6.36. The minimum atomic E-state index is 1.10. The largest absolute Gasteiger partial charge is 0.377 e. The lowest BCUT2D eigenvalue weighted by molar-refractivity contribution is 0.492. The molecule has 0 aromatic carbocycles. The van der Waals surface area contributed by atoms with Crippen LogP contribution in [-0.4, -0.2) is 19.0 Å². The van der Waals surface area contributed by atoms with Crippen LogP contribution in [0.25, 0.3) is 0 Å². The molecular formula is C8H13N. The van der Waals surface area contributed by atoms with Crippen LogP contribution in [0.15, 0.2) is 23.4 Å². The van der Waals surface area contributed by atoms with Crippen LogP contribution in [0.4, 0.5) is 0 Å². The Labute approximate surface area is 56.7 Å². The molecular weight excluding hydrogens is 110 g/mol. The van der Waals surface area contributed by atoms with E-state index in [4.69, 9.17) is 0 Å². The molecule has 0 bridgehead atoms. The number of allylic oxidation sites excluding steroid dienone is 2. The molecule has 1 aliphatic carbocycles. The lowest BCUT2D eigenvalue weighted by Gasteiger charge is -2.30. The molecule has 0 aromatic heterocycles. The van der Waals surface area contributed by atoms with E-state index >= 15 is 0 Å². The second kappa shape index (κ2) is 1.90. The molecule has 0 fully saturated rings. The summed E-state index contributed by atoms with van der Waals surface area (Å²) >= 11 is 0. The predicted octanol–water partition coefficient (Wildman–Crippen LogP) is 1.78. The normalized spacial score (nSPS) is 17.9. The van der Waals surface area contributed by atoms with Gasteiger partial charge in [0.05, 0.1) is 0 Å². The van der Waals surface area contributed by atoms with Crippen molar-refractivity contribution in [1.29, 1.82) is 0 Å². The lowest BCUT2D eigenvalue weighted by Crippen LogP contribution is -2.20. The van der Waals surface area contributed by atoms with Gasteiger partial charge in [-0.15, -0.1) is 0 Å². The van der Waals surface area contributed by atoms with Gasteiger partial charge in [-0.25, -0.2) is 0 Å². The number of nitrogens with zero attached hydrogens (tertiary/aromatic N) is 1. The summed E-state index contributed by atoms with van der Waals surface area (Å²) in [6.45, 7) is 6.07. The molecule has 0 atom stereocenters. The zero-order valence-corrected chi connectivity index (χ0v) is 6.36. The van der Waals surface area contributed by atoms with E-state index in [2.05, 4.69) is 32.5 Å². The molecule has 0 saturated heterocycles. The van der Waals surface area contributed by atoms with Gasteiger partial charge in [0.15, 0.2) is 0 Å². The van der Waals surface area contributed by atoms with Crippen LogP contribution >= 0.6 is 0 Å². The van der Waals surface area contributed by atoms with Crippen molar-refractivity contribution in [2.45, 2.75) is 13.3 Å². The van der Waals surface area contributed by atoms with Crippen molar-refractivity contribution in [2.24, 2.45) is 0 Å². The Morgan fingerprint density at radius 1 is 1.44 bits per heavy atom. The molecule has 0 heterocycles. The van der Waals surface area contributed by atoms with Crippen molar-refractivity contribution in [2.75, 3.05) is 14.1 Å². The Balaban J connectivity index is 2.80. The highest BCUT2D eigenvalue weighted by atomic mass is 15.1. The van der Waals surface area contributed by atoms with E-state index < -0.39 is 0 Å². The third-order valence-electron chi connectivity index (χ3n) is 1.66. The van der Waals surface area contributed by atoms with Gasteiger partial charge < -0.3 is 4.90 Å². The molecule has 1 nitrogen and oxygen atoms in total. The Morgan fingerprint density at radius 2 is 2.00 bits per heavy atom. The van der Waals surface area contributed by atoms with E-state index in [-0.39, 0.29) is 0 Å². The first kappa shape index (κ1) is 6.40. The van der Waals surface area contributed by atoms with E-state index in [1.165, 1.54) is 16.8 Å². The van der Waals surface area contributed by atoms with Crippen LogP contribution in [0.2, 0.25) is 0 Å². The van der Waals surface area contributed by atoms with Crippen LogP contribution in [-0.2, 0) is 0 Å². The van der Waals surface area contributed by atoms with Crippen molar-refractivity contribution >= 4 is 0 Å². The van der Waals surface area contributed by atoms with Gasteiger partial charge in [0, 0.05) is 19.8 Å². The van der Waals surface area contributed by atoms with E-state index in [9.17, 15) is 0 Å². The van der Waals surface area contributed by atoms with Crippen LogP contribution in [0, 0.1) is 0 Å². The van der Waals surface area contributed by atoms with Crippen molar-refractivity contribution in [3.8, 4) is 0 Å². The third-order valence-corrected chi connectivity index (χ3v) is 1.66. The molecule has 1 heteroatoms. The number of hydrogen-bond acceptors (Lipinski definition) is 1. The second-order valence-electron chi connectivity index (χ2n) is 2.80. The van der Waals surface area contributed by atoms with Crippen LogP contribution < -0.4 is 0 Å². The van der Waals surface area contributed by atoms with Gasteiger partial charge in [-0.1, -0.05) is 6.58 Å². The molecule has 0 unspecified atom stereocenters. The molecule has 9 heavy (non-hydrogen) atoms. The summed E-state index contributed by atoms with van der Waals surface area (Å²) in [4.78, 5) is 2.13. The molecule has 0 amide bonds. The second-order valence-corrected chi connectivity index (χ2v) is 2.80. The fourth-order valence-electron chi connectivity index (χ4n) is 1.38. The quantitative estimate of drug-likeness (QED) is 0.513. The molecule has 0 saturated carbocycles. The first-order valence-corrected chi connectivity index (χ1v) is 3.18. The van der Waals surface area contributed by atoms with Crippen molar-refractivity contribution in [3.63, 3.8) is 0 Å². The van der Waals surface area contributed by atoms with Gasteiger partial charge in [0.1, 0.15) is 0 Å². The monoisotopic (exact) mass is 123 g/mol. The maximum Gasteiger partial charge on any atom is 0.0383 e. The van der Waals surface area contributed by atoms with Gasteiger partial charge in [-0.3, -0.25) is 0 Å². The van der Waals surface area contributed by atoms with E-state index in [1.54, 1.807) is 0 Å². The van der Waals surface area contributed by atoms with E-state index in [0.717, 1.165) is 6.42 Å². The van der Waals surface area contributed by atoms with Crippen molar-refractivity contribution in [1.82, 2.24) is 4.90 Å². The minimum Gasteiger partial charge on any atom is -0.377 e. The van der Waals surface area contributed by atoms with Crippen molar-refractivity contribution in [3.05, 3.63) is 23.4 Å². The highest BCUT2D eigenvalue weighted by Crippen LogP contribution is 2.32. The van der Waals surface area contributed by atoms with Gasteiger partial charge in [-0.2, -0.15) is 0 Å². The van der Waals surface area contributed by atoms with Crippen LogP contribution in [0.3, 0.4) is 0 Å². The SMILES string of the molecule is C=C1CC(C)=C1N(C)C. The Bertz CT molecular complexity index is 175. The van der Waals surface area contributed by atoms with Crippen LogP contribution in [0.5, 0.6) is 0 Å². The Morgan fingerprint density at radius 3 is 2.11 bits per heavy atom. The third kappa shape index (κ3) is 0.869. The smallest absolute Gasteiger partial charge is 0.0383 e. The highest BCUT2D eigenvalue weighted by Gasteiger charge is 2.18. The molecule has 0 aliphatic heterocycles. The molecule has 0 radical (unpaired) electrons. The molecule has 0 aromatic rings. The standard InChI is InChI=1S/C8H13N/c1-6-5-7(2)8(6)9(3)4/h1,5H2,2-4H3. The molecule has 1 aliphatic rings. The summed E-state index contributed by atoms with van der Waals surface area (Å²) in [7, 11) is 4.12. The number of hydrogen-bond donors (Lipinski definition) is 0. The Hall–Kier alpha value is -0.720. The zero-order chi connectivity index (χ0) is 7.02. The summed E-state index contributed by atoms with van der Waals surface area (Å²) in [6, 6.07) is 0. The first-order valence-electron chi connectivity index (χ1n) is 3.18. The summed E-state index contributed by atoms with van der Waals surface area (Å²) in [6.07, 6.45) is 1.10. The fourth-order valence-corrected chi connectivity index (χ4v) is 1.38. The number of rotatable bonds is 1. The van der Waals surface area contributed by atoms with Gasteiger partial charge in [0.2, 0.25) is 0 Å². The Kier molecular flexibility index (Phi) is 1.35. The fraction of sp³-hybridized carbons (Fsp3) is 0.500. The summed E-state index contributed by atoms with van der Waals surface area (Å²) in [5.41, 5.74) is 4.08. The summed E-state index contributed by atoms with van der Waals surface area (Å²) in [5.74, 6) is 0. The maximum atomic E-state index is 3.91. The van der Waals surface area contributed by atoms with E-state index in [0.29, 0.717) is 0 Å². The van der Waals surface area contributed by atoms with Crippen LogP contribution in [0.1, 0.15) is 13.3 Å². The van der Waals surface area contributed by atoms with Gasteiger partial charge in [-0.05, 0) is 24.5 Å². The molecule has 50 valence electrons. The summed E-state index contributed by atoms with van der Waals surface area (Å²) < 4.78 is 0. The minimum absolute atomic E-state index is 1.10.